The van der Waals surface area contributed by atoms with Crippen LogP contribution in [0.15, 0.2) is 28.7 Å². The van der Waals surface area contributed by atoms with Crippen molar-refractivity contribution in [3.63, 3.8) is 0 Å². The molecule has 0 aliphatic carbocycles. The van der Waals surface area contributed by atoms with Crippen LogP contribution >= 0.6 is 15.9 Å². The summed E-state index contributed by atoms with van der Waals surface area (Å²) in [7, 11) is -3.09. The van der Waals surface area contributed by atoms with E-state index in [1.807, 2.05) is 0 Å². The summed E-state index contributed by atoms with van der Waals surface area (Å²) in [6.45, 7) is 1.44. The van der Waals surface area contributed by atoms with Crippen LogP contribution in [0.2, 0.25) is 0 Å². The molecule has 1 aromatic carbocycles. The zero-order valence-corrected chi connectivity index (χ0v) is 18.0. The number of aryl methyl sites for hydroxylation is 1. The molecule has 3 heterocycles. The lowest BCUT2D eigenvalue weighted by atomic mass is 10.2. The highest BCUT2D eigenvalue weighted by Gasteiger charge is 2.32. The number of halogens is 1. The van der Waals surface area contributed by atoms with Gasteiger partial charge >= 0.3 is 0 Å². The molecule has 9 nitrogen and oxygen atoms in total. The highest BCUT2D eigenvalue weighted by atomic mass is 79.9. The van der Waals surface area contributed by atoms with Crippen LogP contribution in [0.1, 0.15) is 18.2 Å². The second-order valence-electron chi connectivity index (χ2n) is 7.10. The van der Waals surface area contributed by atoms with Crippen LogP contribution in [0.3, 0.4) is 0 Å². The van der Waals surface area contributed by atoms with Gasteiger partial charge in [0.2, 0.25) is 5.91 Å². The Bertz CT molecular complexity index is 1100. The minimum Gasteiger partial charge on any atom is -0.482 e. The first kappa shape index (κ1) is 19.9. The monoisotopic (exact) mass is 482 g/mol. The molecule has 1 fully saturated rings. The molecule has 2 aliphatic rings. The summed E-state index contributed by atoms with van der Waals surface area (Å²) in [5.41, 5.74) is 1.19. The van der Waals surface area contributed by atoms with Gasteiger partial charge in [0.05, 0.1) is 28.9 Å². The van der Waals surface area contributed by atoms with Crippen molar-refractivity contribution in [3.8, 4) is 5.75 Å². The first-order chi connectivity index (χ1) is 13.7. The van der Waals surface area contributed by atoms with Gasteiger partial charge in [-0.1, -0.05) is 15.9 Å². The molecule has 1 N–H and O–H groups in total. The van der Waals surface area contributed by atoms with Gasteiger partial charge in [-0.3, -0.25) is 14.5 Å². The molecule has 0 spiro atoms. The molecule has 1 saturated heterocycles. The van der Waals surface area contributed by atoms with E-state index < -0.39 is 15.7 Å². The van der Waals surface area contributed by atoms with Gasteiger partial charge in [-0.25, -0.2) is 13.1 Å². The van der Waals surface area contributed by atoms with Gasteiger partial charge in [0, 0.05) is 10.5 Å². The van der Waals surface area contributed by atoms with Crippen molar-refractivity contribution in [1.29, 1.82) is 0 Å². The van der Waals surface area contributed by atoms with Gasteiger partial charge in [0.1, 0.15) is 18.1 Å². The first-order valence-corrected chi connectivity index (χ1v) is 11.6. The summed E-state index contributed by atoms with van der Waals surface area (Å²) in [6, 6.07) is 6.60. The van der Waals surface area contributed by atoms with E-state index in [4.69, 9.17) is 4.74 Å². The zero-order valence-electron chi connectivity index (χ0n) is 15.6. The molecule has 154 valence electrons. The summed E-state index contributed by atoms with van der Waals surface area (Å²) >= 11 is 3.36. The SMILES string of the molecule is Cc1cc(NC(=O)CN2C(=O)COc3cc(Br)ccc32)n(C2CCS(=O)(=O)C2)n1. The van der Waals surface area contributed by atoms with Gasteiger partial charge in [0.25, 0.3) is 5.91 Å². The Morgan fingerprint density at radius 3 is 2.90 bits per heavy atom. The lowest BCUT2D eigenvalue weighted by Gasteiger charge is -2.29. The van der Waals surface area contributed by atoms with Crippen molar-refractivity contribution in [3.05, 3.63) is 34.4 Å². The van der Waals surface area contributed by atoms with Crippen LogP contribution in [0.25, 0.3) is 0 Å². The number of rotatable bonds is 4. The summed E-state index contributed by atoms with van der Waals surface area (Å²) in [5.74, 6) is 0.326. The maximum atomic E-state index is 12.7. The number of amides is 2. The number of fused-ring (bicyclic) bond motifs is 1. The first-order valence-electron chi connectivity index (χ1n) is 9.01. The Morgan fingerprint density at radius 1 is 1.38 bits per heavy atom. The average Bonchev–Trinajstić information content (AvgIpc) is 3.19. The van der Waals surface area contributed by atoms with E-state index in [1.165, 1.54) is 4.90 Å². The van der Waals surface area contributed by atoms with E-state index >= 15 is 0 Å². The van der Waals surface area contributed by atoms with Gasteiger partial charge in [0.15, 0.2) is 16.4 Å². The topological polar surface area (TPSA) is 111 Å². The number of sulfone groups is 1. The Kier molecular flexibility index (Phi) is 5.11. The summed E-state index contributed by atoms with van der Waals surface area (Å²) in [5, 5.41) is 7.12. The normalized spacial score (nSPS) is 20.3. The van der Waals surface area contributed by atoms with E-state index in [9.17, 15) is 18.0 Å². The Labute approximate surface area is 176 Å². The van der Waals surface area contributed by atoms with E-state index in [1.54, 1.807) is 35.9 Å². The van der Waals surface area contributed by atoms with Gasteiger partial charge < -0.3 is 10.1 Å². The molecule has 1 unspecified atom stereocenters. The lowest BCUT2D eigenvalue weighted by Crippen LogP contribution is -2.43. The van der Waals surface area contributed by atoms with Gasteiger partial charge in [-0.2, -0.15) is 5.10 Å². The Balaban J connectivity index is 1.52. The van der Waals surface area contributed by atoms with Crippen LogP contribution in [0.5, 0.6) is 5.75 Å². The molecule has 2 aliphatic heterocycles. The fraction of sp³-hybridized carbons (Fsp3) is 0.389. The predicted octanol–water partition coefficient (Wildman–Crippen LogP) is 1.68. The number of hydrogen-bond acceptors (Lipinski definition) is 6. The fourth-order valence-electron chi connectivity index (χ4n) is 3.53. The molecule has 11 heteroatoms. The maximum Gasteiger partial charge on any atom is 0.265 e. The molecule has 4 rings (SSSR count). The molecular weight excluding hydrogens is 464 g/mol. The van der Waals surface area contributed by atoms with E-state index in [2.05, 4.69) is 26.3 Å². The van der Waals surface area contributed by atoms with Crippen molar-refractivity contribution in [2.45, 2.75) is 19.4 Å². The number of nitrogens with zero attached hydrogens (tertiary/aromatic N) is 3. The van der Waals surface area contributed by atoms with Crippen molar-refractivity contribution < 1.29 is 22.7 Å². The third-order valence-corrected chi connectivity index (χ3v) is 7.09. The van der Waals surface area contributed by atoms with Crippen molar-refractivity contribution in [1.82, 2.24) is 9.78 Å². The summed E-state index contributed by atoms with van der Waals surface area (Å²) in [6.07, 6.45) is 0.455. The number of hydrogen-bond donors (Lipinski definition) is 1. The maximum absolute atomic E-state index is 12.7. The third-order valence-electron chi connectivity index (χ3n) is 4.85. The standard InChI is InChI=1S/C18H19BrN4O5S/c1-11-6-16(23(21-11)13-4-5-29(26,27)10-13)20-17(24)8-22-14-3-2-12(19)7-15(14)28-9-18(22)25/h2-3,6-7,13H,4-5,8-10H2,1H3,(H,20,24). The van der Waals surface area contributed by atoms with Crippen LogP contribution in [0, 0.1) is 6.92 Å². The van der Waals surface area contributed by atoms with Crippen LogP contribution in [0.4, 0.5) is 11.5 Å². The van der Waals surface area contributed by atoms with Gasteiger partial charge in [-0.15, -0.1) is 0 Å². The Hall–Kier alpha value is -2.40. The van der Waals surface area contributed by atoms with Crippen LogP contribution in [-0.4, -0.2) is 54.7 Å². The number of nitrogens with one attached hydrogen (secondary N) is 1. The number of carbonyl (C=O) groups is 2. The molecular formula is C18H19BrN4O5S. The largest absolute Gasteiger partial charge is 0.482 e. The second-order valence-corrected chi connectivity index (χ2v) is 10.2. The highest BCUT2D eigenvalue weighted by Crippen LogP contribution is 2.34. The van der Waals surface area contributed by atoms with Crippen molar-refractivity contribution >= 4 is 49.1 Å². The van der Waals surface area contributed by atoms with E-state index in [-0.39, 0.29) is 36.6 Å². The molecule has 2 aromatic rings. The minimum atomic E-state index is -3.09. The third kappa shape index (κ3) is 4.15. The van der Waals surface area contributed by atoms with Crippen LogP contribution < -0.4 is 15.0 Å². The lowest BCUT2D eigenvalue weighted by molar-refractivity contribution is -0.123. The number of anilines is 2. The van der Waals surface area contributed by atoms with E-state index in [0.717, 1.165) is 4.47 Å². The van der Waals surface area contributed by atoms with Crippen molar-refractivity contribution in [2.75, 3.05) is 34.9 Å². The molecule has 2 amide bonds. The number of ether oxygens (including phenoxy) is 1. The fourth-order valence-corrected chi connectivity index (χ4v) is 5.57. The van der Waals surface area contributed by atoms with Crippen molar-refractivity contribution in [2.24, 2.45) is 0 Å². The minimum absolute atomic E-state index is 0.00118. The molecule has 0 bridgehead atoms. The number of aromatic nitrogens is 2. The summed E-state index contributed by atoms with van der Waals surface area (Å²) < 4.78 is 31.4. The number of benzene rings is 1. The van der Waals surface area contributed by atoms with Gasteiger partial charge in [-0.05, 0) is 31.5 Å². The van der Waals surface area contributed by atoms with E-state index in [0.29, 0.717) is 29.4 Å². The zero-order chi connectivity index (χ0) is 20.8. The average molecular weight is 483 g/mol. The molecule has 1 atom stereocenters. The number of carbonyl (C=O) groups excluding carboxylic acids is 2. The molecule has 29 heavy (non-hydrogen) atoms. The summed E-state index contributed by atoms with van der Waals surface area (Å²) in [4.78, 5) is 26.4. The smallest absolute Gasteiger partial charge is 0.265 e. The molecule has 1 aromatic heterocycles. The quantitative estimate of drug-likeness (QED) is 0.709. The Morgan fingerprint density at radius 2 is 2.17 bits per heavy atom. The second kappa shape index (κ2) is 7.45. The molecule has 0 radical (unpaired) electrons. The predicted molar refractivity (Wildman–Crippen MR) is 110 cm³/mol. The van der Waals surface area contributed by atoms with Crippen LogP contribution in [-0.2, 0) is 19.4 Å². The highest BCUT2D eigenvalue weighted by molar-refractivity contribution is 9.10. The molecule has 0 saturated carbocycles.